The fourth-order valence-corrected chi connectivity index (χ4v) is 2.96. The van der Waals surface area contributed by atoms with Crippen molar-refractivity contribution in [1.29, 1.82) is 0 Å². The Kier molecular flexibility index (Phi) is 3.64. The maximum Gasteiger partial charge on any atom is 0.227 e. The van der Waals surface area contributed by atoms with Gasteiger partial charge < -0.3 is 5.32 Å². The molecular formula is C20H16N6O. The van der Waals surface area contributed by atoms with Crippen LogP contribution in [0.2, 0.25) is 0 Å². The monoisotopic (exact) mass is 356 g/mol. The first kappa shape index (κ1) is 15.6. The summed E-state index contributed by atoms with van der Waals surface area (Å²) in [5.74, 6) is 0.897. The molecule has 3 heterocycles. The van der Waals surface area contributed by atoms with Crippen LogP contribution in [0.15, 0.2) is 60.9 Å². The molecule has 1 aliphatic carbocycles. The zero-order valence-electron chi connectivity index (χ0n) is 14.4. The molecule has 1 aliphatic rings. The largest absolute Gasteiger partial charge is 0.326 e. The lowest BCUT2D eigenvalue weighted by Crippen LogP contribution is -2.13. The van der Waals surface area contributed by atoms with Crippen molar-refractivity contribution in [3.05, 3.63) is 60.9 Å². The van der Waals surface area contributed by atoms with Crippen molar-refractivity contribution in [3.8, 4) is 22.6 Å². The van der Waals surface area contributed by atoms with Crippen molar-refractivity contribution in [2.75, 3.05) is 5.32 Å². The summed E-state index contributed by atoms with van der Waals surface area (Å²) in [6.07, 6.45) is 5.41. The molecule has 0 atom stereocenters. The van der Waals surface area contributed by atoms with Crippen LogP contribution in [0.5, 0.6) is 0 Å². The van der Waals surface area contributed by atoms with Gasteiger partial charge in [-0.05, 0) is 49.2 Å². The minimum absolute atomic E-state index is 0.0910. The summed E-state index contributed by atoms with van der Waals surface area (Å²) in [5.41, 5.74) is 3.98. The SMILES string of the molecule is O=C(Nc1cccc(-c2ccc3nnc(-c4cccnc4)n3n2)c1)C1CC1. The number of nitrogens with zero attached hydrogens (tertiary/aromatic N) is 5. The van der Waals surface area contributed by atoms with Gasteiger partial charge in [0.15, 0.2) is 11.5 Å². The van der Waals surface area contributed by atoms with Gasteiger partial charge >= 0.3 is 0 Å². The number of rotatable bonds is 4. The van der Waals surface area contributed by atoms with E-state index in [0.717, 1.165) is 35.3 Å². The van der Waals surface area contributed by atoms with Gasteiger partial charge in [-0.1, -0.05) is 12.1 Å². The lowest BCUT2D eigenvalue weighted by Gasteiger charge is -2.07. The second-order valence-electron chi connectivity index (χ2n) is 6.60. The average Bonchev–Trinajstić information content (AvgIpc) is 3.48. The normalized spacial score (nSPS) is 13.6. The fourth-order valence-electron chi connectivity index (χ4n) is 2.96. The number of carbonyl (C=O) groups excluding carboxylic acids is 1. The Morgan fingerprint density at radius 2 is 1.93 bits per heavy atom. The summed E-state index contributed by atoms with van der Waals surface area (Å²) in [7, 11) is 0. The summed E-state index contributed by atoms with van der Waals surface area (Å²) in [4.78, 5) is 16.1. The molecule has 5 rings (SSSR count). The summed E-state index contributed by atoms with van der Waals surface area (Å²) >= 11 is 0. The number of hydrogen-bond acceptors (Lipinski definition) is 5. The summed E-state index contributed by atoms with van der Waals surface area (Å²) in [6.45, 7) is 0. The first-order valence-electron chi connectivity index (χ1n) is 8.82. The maximum absolute atomic E-state index is 12.0. The Hall–Kier alpha value is -3.61. The number of hydrogen-bond donors (Lipinski definition) is 1. The zero-order chi connectivity index (χ0) is 18.2. The number of benzene rings is 1. The molecule has 1 N–H and O–H groups in total. The van der Waals surface area contributed by atoms with E-state index in [1.54, 1.807) is 16.9 Å². The molecule has 0 bridgehead atoms. The van der Waals surface area contributed by atoms with Crippen molar-refractivity contribution < 1.29 is 4.79 Å². The molecule has 0 unspecified atom stereocenters. The van der Waals surface area contributed by atoms with Crippen molar-refractivity contribution in [1.82, 2.24) is 24.8 Å². The van der Waals surface area contributed by atoms with Crippen LogP contribution >= 0.6 is 0 Å². The van der Waals surface area contributed by atoms with E-state index in [-0.39, 0.29) is 11.8 Å². The number of fused-ring (bicyclic) bond motifs is 1. The van der Waals surface area contributed by atoms with Gasteiger partial charge in [-0.15, -0.1) is 10.2 Å². The van der Waals surface area contributed by atoms with Gasteiger partial charge in [0.05, 0.1) is 5.69 Å². The Morgan fingerprint density at radius 1 is 1.04 bits per heavy atom. The molecule has 1 fully saturated rings. The maximum atomic E-state index is 12.0. The van der Waals surface area contributed by atoms with Crippen LogP contribution in [-0.2, 0) is 4.79 Å². The van der Waals surface area contributed by atoms with Gasteiger partial charge in [0.1, 0.15) is 0 Å². The van der Waals surface area contributed by atoms with Crippen LogP contribution in [-0.4, -0.2) is 30.7 Å². The first-order valence-corrected chi connectivity index (χ1v) is 8.82. The summed E-state index contributed by atoms with van der Waals surface area (Å²) in [5, 5.41) is 16.1. The molecular weight excluding hydrogens is 340 g/mol. The van der Waals surface area contributed by atoms with Crippen LogP contribution < -0.4 is 5.32 Å². The van der Waals surface area contributed by atoms with Gasteiger partial charge in [-0.3, -0.25) is 9.78 Å². The molecule has 0 saturated heterocycles. The average molecular weight is 356 g/mol. The van der Waals surface area contributed by atoms with Gasteiger partial charge in [-0.25, -0.2) is 0 Å². The molecule has 7 nitrogen and oxygen atoms in total. The van der Waals surface area contributed by atoms with E-state index in [4.69, 9.17) is 5.10 Å². The number of carbonyl (C=O) groups is 1. The van der Waals surface area contributed by atoms with E-state index in [1.165, 1.54) is 0 Å². The molecule has 4 aromatic rings. The molecule has 132 valence electrons. The van der Waals surface area contributed by atoms with E-state index in [9.17, 15) is 4.79 Å². The van der Waals surface area contributed by atoms with Crippen LogP contribution in [0, 0.1) is 5.92 Å². The second-order valence-corrected chi connectivity index (χ2v) is 6.60. The predicted octanol–water partition coefficient (Wildman–Crippen LogP) is 3.20. The Balaban J connectivity index is 1.52. The summed E-state index contributed by atoms with van der Waals surface area (Å²) in [6, 6.07) is 15.3. The van der Waals surface area contributed by atoms with Crippen LogP contribution in [0.25, 0.3) is 28.3 Å². The fraction of sp³-hybridized carbons (Fsp3) is 0.150. The molecule has 0 spiro atoms. The molecule has 27 heavy (non-hydrogen) atoms. The highest BCUT2D eigenvalue weighted by atomic mass is 16.2. The van der Waals surface area contributed by atoms with Crippen LogP contribution in [0.3, 0.4) is 0 Å². The van der Waals surface area contributed by atoms with E-state index in [0.29, 0.717) is 11.5 Å². The van der Waals surface area contributed by atoms with Crippen molar-refractivity contribution in [2.24, 2.45) is 5.92 Å². The summed E-state index contributed by atoms with van der Waals surface area (Å²) < 4.78 is 1.71. The van der Waals surface area contributed by atoms with Crippen molar-refractivity contribution >= 4 is 17.2 Å². The van der Waals surface area contributed by atoms with Gasteiger partial charge in [-0.2, -0.15) is 9.61 Å². The van der Waals surface area contributed by atoms with Gasteiger partial charge in [0.25, 0.3) is 0 Å². The smallest absolute Gasteiger partial charge is 0.227 e. The predicted molar refractivity (Wildman–Crippen MR) is 101 cm³/mol. The van der Waals surface area contributed by atoms with Crippen molar-refractivity contribution in [2.45, 2.75) is 12.8 Å². The highest BCUT2D eigenvalue weighted by Crippen LogP contribution is 2.31. The topological polar surface area (TPSA) is 85.1 Å². The lowest BCUT2D eigenvalue weighted by molar-refractivity contribution is -0.117. The zero-order valence-corrected chi connectivity index (χ0v) is 14.4. The minimum atomic E-state index is 0.0910. The lowest BCUT2D eigenvalue weighted by atomic mass is 10.1. The third-order valence-corrected chi connectivity index (χ3v) is 4.56. The Morgan fingerprint density at radius 3 is 2.74 bits per heavy atom. The van der Waals surface area contributed by atoms with E-state index in [1.807, 2.05) is 48.5 Å². The molecule has 0 radical (unpaired) electrons. The van der Waals surface area contributed by atoms with E-state index >= 15 is 0 Å². The first-order chi connectivity index (χ1) is 13.3. The number of pyridine rings is 1. The molecule has 1 aromatic carbocycles. The number of aromatic nitrogens is 5. The number of amides is 1. The highest BCUT2D eigenvalue weighted by Gasteiger charge is 2.29. The van der Waals surface area contributed by atoms with Gasteiger partial charge in [0.2, 0.25) is 5.91 Å². The Bertz CT molecular complexity index is 1130. The molecule has 7 heteroatoms. The van der Waals surface area contributed by atoms with Crippen LogP contribution in [0.1, 0.15) is 12.8 Å². The van der Waals surface area contributed by atoms with Crippen LogP contribution in [0.4, 0.5) is 5.69 Å². The molecule has 0 aliphatic heterocycles. The van der Waals surface area contributed by atoms with E-state index in [2.05, 4.69) is 20.5 Å². The van der Waals surface area contributed by atoms with Crippen molar-refractivity contribution in [3.63, 3.8) is 0 Å². The number of anilines is 1. The van der Waals surface area contributed by atoms with E-state index < -0.39 is 0 Å². The third kappa shape index (κ3) is 3.03. The Labute approximate surface area is 155 Å². The molecule has 1 saturated carbocycles. The van der Waals surface area contributed by atoms with Gasteiger partial charge in [0, 0.05) is 35.1 Å². The molecule has 1 amide bonds. The number of nitrogens with one attached hydrogen (secondary N) is 1. The third-order valence-electron chi connectivity index (χ3n) is 4.56. The molecule has 3 aromatic heterocycles. The standard InChI is InChI=1S/C20H16N6O/c27-20(13-6-7-13)22-16-5-1-3-14(11-16)17-8-9-18-23-24-19(26(18)25-17)15-4-2-10-21-12-15/h1-5,8-13H,6-7H2,(H,22,27). The highest BCUT2D eigenvalue weighted by molar-refractivity contribution is 5.94. The minimum Gasteiger partial charge on any atom is -0.326 e. The quantitative estimate of drug-likeness (QED) is 0.607. The second kappa shape index (κ2) is 6.28.